The van der Waals surface area contributed by atoms with Crippen LogP contribution in [0, 0.1) is 0 Å². The van der Waals surface area contributed by atoms with Crippen LogP contribution < -0.4 is 10.1 Å². The van der Waals surface area contributed by atoms with Gasteiger partial charge >= 0.3 is 6.08 Å². The molecule has 2 aromatic rings. The SMILES string of the molecule is CCCNCc1coc(Oc2cc(Cl)c(Cl)cc2Cl)n1. The normalized spacial score (nSPS) is 10.8. The molecule has 0 aliphatic heterocycles. The third-order valence-electron chi connectivity index (χ3n) is 2.44. The second kappa shape index (κ2) is 7.18. The predicted octanol–water partition coefficient (Wildman–Crippen LogP) is 4.93. The molecule has 0 saturated carbocycles. The van der Waals surface area contributed by atoms with Crippen LogP contribution in [0.5, 0.6) is 11.8 Å². The van der Waals surface area contributed by atoms with Crippen molar-refractivity contribution in [1.29, 1.82) is 0 Å². The van der Waals surface area contributed by atoms with Gasteiger partial charge in [-0.25, -0.2) is 0 Å². The summed E-state index contributed by atoms with van der Waals surface area (Å²) in [6.45, 7) is 3.63. The van der Waals surface area contributed by atoms with Crippen molar-refractivity contribution in [3.05, 3.63) is 39.2 Å². The van der Waals surface area contributed by atoms with E-state index in [-0.39, 0.29) is 6.08 Å². The van der Waals surface area contributed by atoms with E-state index in [1.165, 1.54) is 18.4 Å². The fraction of sp³-hybridized carbons (Fsp3) is 0.308. The summed E-state index contributed by atoms with van der Waals surface area (Å²) in [5.41, 5.74) is 0.754. The zero-order valence-corrected chi connectivity index (χ0v) is 13.0. The van der Waals surface area contributed by atoms with Gasteiger partial charge in [-0.05, 0) is 19.0 Å². The van der Waals surface area contributed by atoms with Crippen LogP contribution >= 0.6 is 34.8 Å². The molecule has 1 aromatic carbocycles. The van der Waals surface area contributed by atoms with Crippen molar-refractivity contribution in [2.45, 2.75) is 19.9 Å². The van der Waals surface area contributed by atoms with Gasteiger partial charge in [-0.1, -0.05) is 41.7 Å². The number of rotatable bonds is 6. The van der Waals surface area contributed by atoms with Gasteiger partial charge in [0.05, 0.1) is 20.8 Å². The van der Waals surface area contributed by atoms with Crippen LogP contribution in [-0.4, -0.2) is 11.5 Å². The van der Waals surface area contributed by atoms with E-state index < -0.39 is 0 Å². The van der Waals surface area contributed by atoms with Gasteiger partial charge in [0.15, 0.2) is 5.75 Å². The summed E-state index contributed by atoms with van der Waals surface area (Å²) in [5, 5.41) is 4.26. The molecule has 0 atom stereocenters. The minimum atomic E-state index is 0.110. The maximum absolute atomic E-state index is 6.01. The summed E-state index contributed by atoms with van der Waals surface area (Å²) in [5.74, 6) is 0.344. The van der Waals surface area contributed by atoms with Crippen molar-refractivity contribution in [3.63, 3.8) is 0 Å². The molecule has 1 heterocycles. The highest BCUT2D eigenvalue weighted by atomic mass is 35.5. The number of oxazole rings is 1. The van der Waals surface area contributed by atoms with Crippen LogP contribution in [0.25, 0.3) is 0 Å². The Morgan fingerprint density at radius 2 is 1.95 bits per heavy atom. The third-order valence-corrected chi connectivity index (χ3v) is 3.45. The number of halogens is 3. The maximum atomic E-state index is 6.01. The lowest BCUT2D eigenvalue weighted by Crippen LogP contribution is -2.13. The first kappa shape index (κ1) is 15.4. The molecule has 20 heavy (non-hydrogen) atoms. The lowest BCUT2D eigenvalue weighted by atomic mass is 10.3. The predicted molar refractivity (Wildman–Crippen MR) is 80.0 cm³/mol. The van der Waals surface area contributed by atoms with Gasteiger partial charge in [-0.3, -0.25) is 0 Å². The van der Waals surface area contributed by atoms with Crippen molar-refractivity contribution in [1.82, 2.24) is 10.3 Å². The van der Waals surface area contributed by atoms with Crippen molar-refractivity contribution >= 4 is 34.8 Å². The van der Waals surface area contributed by atoms with Crippen molar-refractivity contribution < 1.29 is 9.15 Å². The molecule has 0 bridgehead atoms. The highest BCUT2D eigenvalue weighted by molar-refractivity contribution is 6.43. The minimum Gasteiger partial charge on any atom is -0.417 e. The average Bonchev–Trinajstić information content (AvgIpc) is 2.84. The van der Waals surface area contributed by atoms with Gasteiger partial charge in [0, 0.05) is 12.6 Å². The second-order valence-electron chi connectivity index (χ2n) is 4.08. The Kier molecular flexibility index (Phi) is 5.54. The topological polar surface area (TPSA) is 47.3 Å². The summed E-state index contributed by atoms with van der Waals surface area (Å²) in [7, 11) is 0. The molecule has 0 fully saturated rings. The molecule has 2 rings (SSSR count). The van der Waals surface area contributed by atoms with E-state index in [4.69, 9.17) is 44.0 Å². The highest BCUT2D eigenvalue weighted by Crippen LogP contribution is 2.36. The Morgan fingerprint density at radius 3 is 2.70 bits per heavy atom. The van der Waals surface area contributed by atoms with Gasteiger partial charge < -0.3 is 14.5 Å². The molecule has 0 radical (unpaired) electrons. The molecule has 7 heteroatoms. The molecular formula is C13H13Cl3N2O2. The summed E-state index contributed by atoms with van der Waals surface area (Å²) in [6.07, 6.45) is 2.70. The molecule has 0 aliphatic rings. The van der Waals surface area contributed by atoms with Crippen LogP contribution in [0.15, 0.2) is 22.8 Å². The number of aromatic nitrogens is 1. The first-order chi connectivity index (χ1) is 9.60. The highest BCUT2D eigenvalue weighted by Gasteiger charge is 2.11. The lowest BCUT2D eigenvalue weighted by Gasteiger charge is -2.05. The quantitative estimate of drug-likeness (QED) is 0.601. The number of ether oxygens (including phenoxy) is 1. The van der Waals surface area contributed by atoms with Crippen LogP contribution in [0.4, 0.5) is 0 Å². The van der Waals surface area contributed by atoms with Crippen molar-refractivity contribution in [3.8, 4) is 11.8 Å². The standard InChI is InChI=1S/C13H13Cl3N2O2/c1-2-3-17-6-8-7-19-13(18-8)20-12-5-10(15)9(14)4-11(12)16/h4-5,7,17H,2-3,6H2,1H3. The number of hydrogen-bond donors (Lipinski definition) is 1. The Labute approximate surface area is 132 Å². The number of nitrogens with one attached hydrogen (secondary N) is 1. The Morgan fingerprint density at radius 1 is 1.20 bits per heavy atom. The van der Waals surface area contributed by atoms with Crippen LogP contribution in [0.3, 0.4) is 0 Å². The number of hydrogen-bond acceptors (Lipinski definition) is 4. The summed E-state index contributed by atoms with van der Waals surface area (Å²) in [4.78, 5) is 4.18. The molecule has 0 unspecified atom stereocenters. The summed E-state index contributed by atoms with van der Waals surface area (Å²) < 4.78 is 10.7. The average molecular weight is 336 g/mol. The molecule has 0 saturated heterocycles. The fourth-order valence-electron chi connectivity index (χ4n) is 1.49. The Bertz CT molecular complexity index is 587. The zero-order chi connectivity index (χ0) is 14.5. The first-order valence-electron chi connectivity index (χ1n) is 6.07. The van der Waals surface area contributed by atoms with E-state index in [1.807, 2.05) is 0 Å². The molecule has 4 nitrogen and oxygen atoms in total. The van der Waals surface area contributed by atoms with E-state index in [1.54, 1.807) is 0 Å². The molecule has 0 spiro atoms. The van der Waals surface area contributed by atoms with Gasteiger partial charge in [-0.2, -0.15) is 4.98 Å². The summed E-state index contributed by atoms with van der Waals surface area (Å²) in [6, 6.07) is 3.03. The molecule has 0 aliphatic carbocycles. The van der Waals surface area contributed by atoms with Gasteiger partial charge in [0.1, 0.15) is 6.26 Å². The Balaban J connectivity index is 2.05. The lowest BCUT2D eigenvalue weighted by molar-refractivity contribution is 0.331. The largest absolute Gasteiger partial charge is 0.417 e. The van der Waals surface area contributed by atoms with Crippen LogP contribution in [0.1, 0.15) is 19.0 Å². The van der Waals surface area contributed by atoms with Crippen LogP contribution in [-0.2, 0) is 6.54 Å². The molecular weight excluding hydrogens is 323 g/mol. The molecule has 108 valence electrons. The molecule has 1 N–H and O–H groups in total. The zero-order valence-electron chi connectivity index (χ0n) is 10.8. The van der Waals surface area contributed by atoms with E-state index in [0.29, 0.717) is 27.4 Å². The van der Waals surface area contributed by atoms with Gasteiger partial charge in [0.2, 0.25) is 0 Å². The van der Waals surface area contributed by atoms with E-state index >= 15 is 0 Å². The van der Waals surface area contributed by atoms with Gasteiger partial charge in [-0.15, -0.1) is 0 Å². The second-order valence-corrected chi connectivity index (χ2v) is 5.30. The summed E-state index contributed by atoms with van der Waals surface area (Å²) >= 11 is 17.8. The molecule has 1 aromatic heterocycles. The van der Waals surface area contributed by atoms with Crippen molar-refractivity contribution in [2.24, 2.45) is 0 Å². The van der Waals surface area contributed by atoms with E-state index in [9.17, 15) is 0 Å². The minimum absolute atomic E-state index is 0.110. The van der Waals surface area contributed by atoms with Gasteiger partial charge in [0.25, 0.3) is 0 Å². The van der Waals surface area contributed by atoms with Crippen LogP contribution in [0.2, 0.25) is 15.1 Å². The van der Waals surface area contributed by atoms with Crippen molar-refractivity contribution in [2.75, 3.05) is 6.54 Å². The Hall–Kier alpha value is -0.940. The van der Waals surface area contributed by atoms with E-state index in [2.05, 4.69) is 17.2 Å². The van der Waals surface area contributed by atoms with E-state index in [0.717, 1.165) is 18.7 Å². The smallest absolute Gasteiger partial charge is 0.399 e. The maximum Gasteiger partial charge on any atom is 0.399 e. The molecule has 0 amide bonds. The number of benzene rings is 1. The fourth-order valence-corrected chi connectivity index (χ4v) is 2.06. The number of nitrogens with zero attached hydrogens (tertiary/aromatic N) is 1. The first-order valence-corrected chi connectivity index (χ1v) is 7.21. The monoisotopic (exact) mass is 334 g/mol. The third kappa shape index (κ3) is 4.03.